The van der Waals surface area contributed by atoms with E-state index < -0.39 is 30.0 Å². The predicted octanol–water partition coefficient (Wildman–Crippen LogP) is 0.798. The lowest BCUT2D eigenvalue weighted by Gasteiger charge is -2.13. The molecule has 0 radical (unpaired) electrons. The molecule has 0 unspecified atom stereocenters. The van der Waals surface area contributed by atoms with Crippen molar-refractivity contribution in [1.82, 2.24) is 19.9 Å². The van der Waals surface area contributed by atoms with E-state index in [1.54, 1.807) is 6.92 Å². The van der Waals surface area contributed by atoms with Crippen LogP contribution in [0.2, 0.25) is 0 Å². The Balaban J connectivity index is 2.76. The third-order valence-corrected chi connectivity index (χ3v) is 2.71. The number of carbonyl (C=O) groups is 1. The van der Waals surface area contributed by atoms with Gasteiger partial charge in [-0.05, 0) is 13.0 Å². The second-order valence-corrected chi connectivity index (χ2v) is 4.21. The van der Waals surface area contributed by atoms with Crippen LogP contribution in [0.1, 0.15) is 11.5 Å². The first-order valence-corrected chi connectivity index (χ1v) is 5.62. The lowest BCUT2D eigenvalue weighted by Crippen LogP contribution is -2.35. The topological polar surface area (TPSA) is 79.8 Å². The number of aromatic nitrogens is 3. The van der Waals surface area contributed by atoms with Crippen molar-refractivity contribution in [3.05, 3.63) is 27.9 Å². The number of H-pyrrole nitrogens is 1. The minimum atomic E-state index is -4.83. The van der Waals surface area contributed by atoms with Crippen molar-refractivity contribution in [3.8, 4) is 0 Å². The highest BCUT2D eigenvalue weighted by atomic mass is 19.4. The Bertz CT molecular complexity index is 730. The van der Waals surface area contributed by atoms with E-state index in [0.717, 1.165) is 0 Å². The zero-order valence-corrected chi connectivity index (χ0v) is 10.6. The number of nitrogens with one attached hydrogen (secondary N) is 2. The number of halogens is 3. The standard InChI is InChI=1S/C11H11F3N4O2/c1-5-3-6-8(16-5)17-10(11(12,13)14)18(9(6)20)4-7(19)15-2/h3,16H,4H2,1-2H3,(H,15,19). The number of aryl methyl sites for hydroxylation is 1. The van der Waals surface area contributed by atoms with Crippen molar-refractivity contribution in [2.24, 2.45) is 0 Å². The largest absolute Gasteiger partial charge is 0.449 e. The normalized spacial score (nSPS) is 11.8. The van der Waals surface area contributed by atoms with E-state index in [-0.39, 0.29) is 11.0 Å². The minimum Gasteiger partial charge on any atom is -0.358 e. The summed E-state index contributed by atoms with van der Waals surface area (Å²) in [6.45, 7) is 0.856. The fraction of sp³-hybridized carbons (Fsp3) is 0.364. The van der Waals surface area contributed by atoms with Gasteiger partial charge in [-0.2, -0.15) is 13.2 Å². The number of hydrogen-bond donors (Lipinski definition) is 2. The summed E-state index contributed by atoms with van der Waals surface area (Å²) in [5.41, 5.74) is -0.543. The van der Waals surface area contributed by atoms with Gasteiger partial charge in [0, 0.05) is 12.7 Å². The zero-order chi connectivity index (χ0) is 15.1. The highest BCUT2D eigenvalue weighted by molar-refractivity contribution is 5.78. The Morgan fingerprint density at radius 1 is 1.50 bits per heavy atom. The highest BCUT2D eigenvalue weighted by Gasteiger charge is 2.38. The monoisotopic (exact) mass is 288 g/mol. The van der Waals surface area contributed by atoms with E-state index in [1.807, 2.05) is 0 Å². The molecular weight excluding hydrogens is 277 g/mol. The second-order valence-electron chi connectivity index (χ2n) is 4.21. The molecule has 6 nitrogen and oxygen atoms in total. The van der Waals surface area contributed by atoms with Gasteiger partial charge in [-0.3, -0.25) is 14.2 Å². The van der Waals surface area contributed by atoms with Crippen LogP contribution in [0, 0.1) is 6.92 Å². The average Bonchev–Trinajstić information content (AvgIpc) is 2.72. The number of hydrogen-bond acceptors (Lipinski definition) is 3. The Labute approximate surface area is 110 Å². The molecule has 9 heteroatoms. The summed E-state index contributed by atoms with van der Waals surface area (Å²) in [4.78, 5) is 29.4. The van der Waals surface area contributed by atoms with E-state index in [9.17, 15) is 22.8 Å². The van der Waals surface area contributed by atoms with Gasteiger partial charge < -0.3 is 10.3 Å². The number of alkyl halides is 3. The molecule has 0 aliphatic carbocycles. The molecule has 0 aliphatic rings. The maximum Gasteiger partial charge on any atom is 0.449 e. The molecule has 0 fully saturated rings. The number of carbonyl (C=O) groups excluding carboxylic acids is 1. The molecule has 2 rings (SSSR count). The summed E-state index contributed by atoms with van der Waals surface area (Å²) in [5, 5.41) is 2.18. The molecule has 1 amide bonds. The number of fused-ring (bicyclic) bond motifs is 1. The maximum absolute atomic E-state index is 12.9. The minimum absolute atomic E-state index is 0.0133. The molecule has 2 aromatic rings. The maximum atomic E-state index is 12.9. The van der Waals surface area contributed by atoms with Crippen LogP contribution in [-0.4, -0.2) is 27.5 Å². The SMILES string of the molecule is CNC(=O)Cn1c(C(F)(F)F)nc2[nH]c(C)cc2c1=O. The van der Waals surface area contributed by atoms with Gasteiger partial charge in [0.15, 0.2) is 0 Å². The number of nitrogens with zero attached hydrogens (tertiary/aromatic N) is 2. The highest BCUT2D eigenvalue weighted by Crippen LogP contribution is 2.27. The quantitative estimate of drug-likeness (QED) is 0.857. The van der Waals surface area contributed by atoms with Crippen molar-refractivity contribution in [3.63, 3.8) is 0 Å². The van der Waals surface area contributed by atoms with E-state index in [0.29, 0.717) is 10.3 Å². The Kier molecular flexibility index (Phi) is 3.28. The third-order valence-electron chi connectivity index (χ3n) is 2.71. The number of amides is 1. The molecule has 0 spiro atoms. The molecule has 0 saturated heterocycles. The predicted molar refractivity (Wildman–Crippen MR) is 64.2 cm³/mol. The molecule has 0 bridgehead atoms. The van der Waals surface area contributed by atoms with Gasteiger partial charge in [0.1, 0.15) is 12.2 Å². The molecule has 2 heterocycles. The molecule has 0 saturated carbocycles. The van der Waals surface area contributed by atoms with Crippen molar-refractivity contribution < 1.29 is 18.0 Å². The van der Waals surface area contributed by atoms with Gasteiger partial charge >= 0.3 is 6.18 Å². The van der Waals surface area contributed by atoms with Gasteiger partial charge in [-0.15, -0.1) is 0 Å². The van der Waals surface area contributed by atoms with E-state index >= 15 is 0 Å². The fourth-order valence-corrected chi connectivity index (χ4v) is 1.82. The molecule has 0 aliphatic heterocycles. The molecule has 2 aromatic heterocycles. The first-order chi connectivity index (χ1) is 9.24. The van der Waals surface area contributed by atoms with E-state index in [4.69, 9.17) is 0 Å². The molecule has 0 aromatic carbocycles. The lowest BCUT2D eigenvalue weighted by atomic mass is 10.3. The average molecular weight is 288 g/mol. The molecule has 108 valence electrons. The van der Waals surface area contributed by atoms with Crippen molar-refractivity contribution in [2.45, 2.75) is 19.6 Å². The Morgan fingerprint density at radius 3 is 2.70 bits per heavy atom. The van der Waals surface area contributed by atoms with Crippen LogP contribution >= 0.6 is 0 Å². The summed E-state index contributed by atoms with van der Waals surface area (Å²) in [6, 6.07) is 1.39. The van der Waals surface area contributed by atoms with Gasteiger partial charge in [0.2, 0.25) is 11.7 Å². The van der Waals surface area contributed by atoms with Crippen molar-refractivity contribution >= 4 is 16.9 Å². The summed E-state index contributed by atoms with van der Waals surface area (Å²) in [7, 11) is 1.27. The van der Waals surface area contributed by atoms with Gasteiger partial charge in [-0.1, -0.05) is 0 Å². The first-order valence-electron chi connectivity index (χ1n) is 5.62. The van der Waals surface area contributed by atoms with E-state index in [2.05, 4.69) is 15.3 Å². The number of rotatable bonds is 2. The molecule has 20 heavy (non-hydrogen) atoms. The van der Waals surface area contributed by atoms with Crippen LogP contribution in [0.3, 0.4) is 0 Å². The van der Waals surface area contributed by atoms with Crippen molar-refractivity contribution in [2.75, 3.05) is 7.05 Å². The summed E-state index contributed by atoms with van der Waals surface area (Å²) < 4.78 is 39.2. The van der Waals surface area contributed by atoms with Crippen LogP contribution in [0.15, 0.2) is 10.9 Å². The lowest BCUT2D eigenvalue weighted by molar-refractivity contribution is -0.148. The van der Waals surface area contributed by atoms with Crippen LogP contribution in [-0.2, 0) is 17.5 Å². The summed E-state index contributed by atoms with van der Waals surface area (Å²) in [6.07, 6.45) is -4.83. The van der Waals surface area contributed by atoms with Crippen LogP contribution in [0.25, 0.3) is 11.0 Å². The summed E-state index contributed by atoms with van der Waals surface area (Å²) in [5.74, 6) is -2.12. The van der Waals surface area contributed by atoms with Crippen LogP contribution < -0.4 is 10.9 Å². The fourth-order valence-electron chi connectivity index (χ4n) is 1.82. The Hall–Kier alpha value is -2.32. The molecule has 0 atom stereocenters. The first kappa shape index (κ1) is 14.1. The van der Waals surface area contributed by atoms with Gasteiger partial charge in [-0.25, -0.2) is 4.98 Å². The van der Waals surface area contributed by atoms with E-state index in [1.165, 1.54) is 13.1 Å². The Morgan fingerprint density at radius 2 is 2.15 bits per heavy atom. The zero-order valence-electron chi connectivity index (χ0n) is 10.6. The summed E-state index contributed by atoms with van der Waals surface area (Å²) >= 11 is 0. The molecular formula is C11H11F3N4O2. The van der Waals surface area contributed by atoms with Crippen LogP contribution in [0.5, 0.6) is 0 Å². The van der Waals surface area contributed by atoms with Gasteiger partial charge in [0.25, 0.3) is 5.56 Å². The smallest absolute Gasteiger partial charge is 0.358 e. The number of likely N-dealkylation sites (N-methyl/N-ethyl adjacent to an activating group) is 1. The third kappa shape index (κ3) is 2.38. The molecule has 2 N–H and O–H groups in total. The van der Waals surface area contributed by atoms with Crippen LogP contribution in [0.4, 0.5) is 13.2 Å². The second kappa shape index (κ2) is 4.66. The van der Waals surface area contributed by atoms with Gasteiger partial charge in [0.05, 0.1) is 5.39 Å². The van der Waals surface area contributed by atoms with Crippen molar-refractivity contribution in [1.29, 1.82) is 0 Å². The number of aromatic amines is 1.